The van der Waals surface area contributed by atoms with Crippen molar-refractivity contribution >= 4 is 26.7 Å². The van der Waals surface area contributed by atoms with Gasteiger partial charge in [-0.25, -0.2) is 4.98 Å². The average molecular weight is 304 g/mol. The standard InChI is InChI=1S/C17H24N2OS/c1-3-20-13-9-10-15-16(11-13)21-17(19-15)18-14-8-6-4-5-7-12(14)2/h9-12,14H,3-8H2,1-2H3,(H,18,19). The first-order valence-electron chi connectivity index (χ1n) is 8.06. The van der Waals surface area contributed by atoms with Gasteiger partial charge in [0.25, 0.3) is 0 Å². The maximum atomic E-state index is 5.57. The maximum absolute atomic E-state index is 5.57. The minimum Gasteiger partial charge on any atom is -0.494 e. The number of aromatic nitrogens is 1. The van der Waals surface area contributed by atoms with Crippen molar-refractivity contribution < 1.29 is 4.74 Å². The molecule has 2 unspecified atom stereocenters. The lowest BCUT2D eigenvalue weighted by molar-refractivity contribution is 0.341. The largest absolute Gasteiger partial charge is 0.494 e. The Balaban J connectivity index is 1.77. The van der Waals surface area contributed by atoms with Gasteiger partial charge in [-0.1, -0.05) is 37.5 Å². The normalized spacial score (nSPS) is 23.0. The van der Waals surface area contributed by atoms with Crippen molar-refractivity contribution in [3.63, 3.8) is 0 Å². The van der Waals surface area contributed by atoms with Crippen molar-refractivity contribution in [3.8, 4) is 5.75 Å². The molecule has 4 heteroatoms. The molecule has 21 heavy (non-hydrogen) atoms. The van der Waals surface area contributed by atoms with Crippen molar-refractivity contribution in [2.75, 3.05) is 11.9 Å². The highest BCUT2D eigenvalue weighted by atomic mass is 32.1. The predicted molar refractivity (Wildman–Crippen MR) is 90.4 cm³/mol. The Bertz CT molecular complexity index is 595. The van der Waals surface area contributed by atoms with Crippen LogP contribution < -0.4 is 10.1 Å². The summed E-state index contributed by atoms with van der Waals surface area (Å²) >= 11 is 1.74. The second kappa shape index (κ2) is 6.65. The third-order valence-electron chi connectivity index (χ3n) is 4.34. The summed E-state index contributed by atoms with van der Waals surface area (Å²) in [6, 6.07) is 6.72. The number of anilines is 1. The topological polar surface area (TPSA) is 34.1 Å². The van der Waals surface area contributed by atoms with Crippen LogP contribution >= 0.6 is 11.3 Å². The average Bonchev–Trinajstić information content (AvgIpc) is 2.76. The zero-order chi connectivity index (χ0) is 14.7. The van der Waals surface area contributed by atoms with E-state index in [2.05, 4.69) is 24.4 Å². The van der Waals surface area contributed by atoms with Crippen LogP contribution in [-0.2, 0) is 0 Å². The number of benzene rings is 1. The molecule has 1 aromatic carbocycles. The van der Waals surface area contributed by atoms with E-state index in [1.807, 2.05) is 13.0 Å². The van der Waals surface area contributed by atoms with Crippen LogP contribution in [0.3, 0.4) is 0 Å². The van der Waals surface area contributed by atoms with Crippen LogP contribution in [0.15, 0.2) is 18.2 Å². The summed E-state index contributed by atoms with van der Waals surface area (Å²) in [5.41, 5.74) is 1.06. The molecule has 1 N–H and O–H groups in total. The van der Waals surface area contributed by atoms with Crippen LogP contribution in [-0.4, -0.2) is 17.6 Å². The fraction of sp³-hybridized carbons (Fsp3) is 0.588. The Labute approximate surface area is 130 Å². The second-order valence-corrected chi connectivity index (χ2v) is 6.98. The Morgan fingerprint density at radius 2 is 2.14 bits per heavy atom. The van der Waals surface area contributed by atoms with E-state index in [1.165, 1.54) is 36.8 Å². The first-order valence-corrected chi connectivity index (χ1v) is 8.88. The number of thiazole rings is 1. The van der Waals surface area contributed by atoms with Crippen molar-refractivity contribution in [3.05, 3.63) is 18.2 Å². The number of ether oxygens (including phenoxy) is 1. The maximum Gasteiger partial charge on any atom is 0.184 e. The zero-order valence-electron chi connectivity index (χ0n) is 12.9. The number of fused-ring (bicyclic) bond motifs is 1. The van der Waals surface area contributed by atoms with Gasteiger partial charge in [0.2, 0.25) is 0 Å². The highest BCUT2D eigenvalue weighted by Crippen LogP contribution is 2.32. The molecule has 1 aliphatic rings. The van der Waals surface area contributed by atoms with Crippen LogP contribution in [0.5, 0.6) is 5.75 Å². The highest BCUT2D eigenvalue weighted by molar-refractivity contribution is 7.22. The highest BCUT2D eigenvalue weighted by Gasteiger charge is 2.20. The molecule has 2 atom stereocenters. The van der Waals surface area contributed by atoms with E-state index in [1.54, 1.807) is 11.3 Å². The van der Waals surface area contributed by atoms with E-state index in [9.17, 15) is 0 Å². The van der Waals surface area contributed by atoms with Gasteiger partial charge in [0, 0.05) is 6.04 Å². The first-order chi connectivity index (χ1) is 10.3. The van der Waals surface area contributed by atoms with Gasteiger partial charge in [-0.3, -0.25) is 0 Å². The van der Waals surface area contributed by atoms with Crippen LogP contribution in [0.2, 0.25) is 0 Å². The van der Waals surface area contributed by atoms with Gasteiger partial charge < -0.3 is 10.1 Å². The van der Waals surface area contributed by atoms with Crippen molar-refractivity contribution in [1.29, 1.82) is 0 Å². The summed E-state index contributed by atoms with van der Waals surface area (Å²) < 4.78 is 6.76. The summed E-state index contributed by atoms with van der Waals surface area (Å²) in [4.78, 5) is 4.72. The Morgan fingerprint density at radius 1 is 1.29 bits per heavy atom. The van der Waals surface area contributed by atoms with Crippen LogP contribution in [0.4, 0.5) is 5.13 Å². The zero-order valence-corrected chi connectivity index (χ0v) is 13.7. The van der Waals surface area contributed by atoms with E-state index < -0.39 is 0 Å². The minimum absolute atomic E-state index is 0.569. The number of rotatable bonds is 4. The lowest BCUT2D eigenvalue weighted by Gasteiger charge is -2.22. The third kappa shape index (κ3) is 3.49. The summed E-state index contributed by atoms with van der Waals surface area (Å²) in [5, 5.41) is 4.73. The van der Waals surface area contributed by atoms with Gasteiger partial charge in [0.15, 0.2) is 5.13 Å². The number of hydrogen-bond acceptors (Lipinski definition) is 4. The Hall–Kier alpha value is -1.29. The van der Waals surface area contributed by atoms with E-state index in [4.69, 9.17) is 9.72 Å². The Kier molecular flexibility index (Phi) is 4.63. The van der Waals surface area contributed by atoms with Crippen LogP contribution in [0.25, 0.3) is 10.2 Å². The summed E-state index contributed by atoms with van der Waals surface area (Å²) in [6.45, 7) is 5.08. The van der Waals surface area contributed by atoms with E-state index >= 15 is 0 Å². The molecule has 1 aliphatic carbocycles. The molecule has 1 saturated carbocycles. The van der Waals surface area contributed by atoms with E-state index in [0.29, 0.717) is 12.6 Å². The molecular weight excluding hydrogens is 280 g/mol. The third-order valence-corrected chi connectivity index (χ3v) is 5.29. The van der Waals surface area contributed by atoms with Crippen molar-refractivity contribution in [1.82, 2.24) is 4.98 Å². The fourth-order valence-corrected chi connectivity index (χ4v) is 4.05. The SMILES string of the molecule is CCOc1ccc2nc(NC3CCCCCC3C)sc2c1. The number of nitrogens with one attached hydrogen (secondary N) is 1. The molecule has 3 nitrogen and oxygen atoms in total. The minimum atomic E-state index is 0.569. The monoisotopic (exact) mass is 304 g/mol. The molecule has 0 aliphatic heterocycles. The smallest absolute Gasteiger partial charge is 0.184 e. The van der Waals surface area contributed by atoms with Crippen LogP contribution in [0.1, 0.15) is 46.0 Å². The first kappa shape index (κ1) is 14.6. The molecule has 2 aromatic rings. The molecule has 1 heterocycles. The Morgan fingerprint density at radius 3 is 3.00 bits per heavy atom. The lowest BCUT2D eigenvalue weighted by Crippen LogP contribution is -2.26. The van der Waals surface area contributed by atoms with Gasteiger partial charge in [0.05, 0.1) is 16.8 Å². The summed E-state index contributed by atoms with van der Waals surface area (Å²) in [7, 11) is 0. The lowest BCUT2D eigenvalue weighted by atomic mass is 9.97. The molecule has 0 radical (unpaired) electrons. The van der Waals surface area contributed by atoms with Gasteiger partial charge in [0.1, 0.15) is 5.75 Å². The summed E-state index contributed by atoms with van der Waals surface area (Å²) in [6.07, 6.45) is 6.68. The molecule has 0 spiro atoms. The molecule has 1 aromatic heterocycles. The molecule has 114 valence electrons. The van der Waals surface area contributed by atoms with Gasteiger partial charge in [-0.15, -0.1) is 0 Å². The molecule has 0 saturated heterocycles. The second-order valence-electron chi connectivity index (χ2n) is 5.95. The molecule has 0 amide bonds. The number of nitrogens with zero attached hydrogens (tertiary/aromatic N) is 1. The van der Waals surface area contributed by atoms with Crippen LogP contribution in [0, 0.1) is 5.92 Å². The van der Waals surface area contributed by atoms with Crippen molar-refractivity contribution in [2.45, 2.75) is 52.0 Å². The number of hydrogen-bond donors (Lipinski definition) is 1. The fourth-order valence-electron chi connectivity index (χ4n) is 3.09. The molecular formula is C17H24N2OS. The van der Waals surface area contributed by atoms with Gasteiger partial charge in [-0.2, -0.15) is 0 Å². The summed E-state index contributed by atoms with van der Waals surface area (Å²) in [5.74, 6) is 1.67. The predicted octanol–water partition coefficient (Wildman–Crippen LogP) is 5.08. The van der Waals surface area contributed by atoms with Crippen molar-refractivity contribution in [2.24, 2.45) is 5.92 Å². The van der Waals surface area contributed by atoms with E-state index in [0.717, 1.165) is 22.3 Å². The van der Waals surface area contributed by atoms with Gasteiger partial charge in [-0.05, 0) is 43.9 Å². The molecule has 3 rings (SSSR count). The van der Waals surface area contributed by atoms with E-state index in [-0.39, 0.29) is 0 Å². The molecule has 0 bridgehead atoms. The van der Waals surface area contributed by atoms with Gasteiger partial charge >= 0.3 is 0 Å². The molecule has 1 fully saturated rings. The quantitative estimate of drug-likeness (QED) is 0.800.